The lowest BCUT2D eigenvalue weighted by atomic mass is 10.0. The Morgan fingerprint density at radius 2 is 2.11 bits per heavy atom. The molecule has 18 heavy (non-hydrogen) atoms. The molecule has 1 amide bonds. The van der Waals surface area contributed by atoms with Gasteiger partial charge in [0.15, 0.2) is 0 Å². The molecule has 0 spiro atoms. The fourth-order valence-corrected chi connectivity index (χ4v) is 1.89. The van der Waals surface area contributed by atoms with Crippen molar-refractivity contribution in [1.82, 2.24) is 5.01 Å². The van der Waals surface area contributed by atoms with Crippen molar-refractivity contribution in [3.8, 4) is 0 Å². The van der Waals surface area contributed by atoms with Gasteiger partial charge in [-0.15, -0.1) is 0 Å². The van der Waals surface area contributed by atoms with Crippen LogP contribution in [0.5, 0.6) is 0 Å². The van der Waals surface area contributed by atoms with Crippen LogP contribution in [-0.2, 0) is 4.79 Å². The van der Waals surface area contributed by atoms with Gasteiger partial charge in [-0.1, -0.05) is 30.3 Å². The third-order valence-corrected chi connectivity index (χ3v) is 2.85. The lowest BCUT2D eigenvalue weighted by Crippen LogP contribution is -2.35. The van der Waals surface area contributed by atoms with E-state index in [4.69, 9.17) is 5.73 Å². The van der Waals surface area contributed by atoms with Crippen molar-refractivity contribution in [3.63, 3.8) is 0 Å². The topological polar surface area (TPSA) is 58.7 Å². The number of rotatable bonds is 3. The molecule has 2 N–H and O–H groups in total. The van der Waals surface area contributed by atoms with Gasteiger partial charge in [0.25, 0.3) is 0 Å². The van der Waals surface area contributed by atoms with Crippen molar-refractivity contribution >= 4 is 17.7 Å². The Balaban J connectivity index is 2.24. The minimum absolute atomic E-state index is 0.00762. The fourth-order valence-electron chi connectivity index (χ4n) is 1.89. The molecule has 0 aromatic heterocycles. The predicted octanol–water partition coefficient (Wildman–Crippen LogP) is 1.64. The molecule has 1 aromatic rings. The molecule has 0 radical (unpaired) electrons. The van der Waals surface area contributed by atoms with Gasteiger partial charge in [0.2, 0.25) is 5.91 Å². The van der Waals surface area contributed by atoms with Crippen molar-refractivity contribution in [2.45, 2.75) is 13.3 Å². The molecule has 0 aliphatic carbocycles. The van der Waals surface area contributed by atoms with E-state index in [1.54, 1.807) is 0 Å². The average molecular weight is 243 g/mol. The van der Waals surface area contributed by atoms with Crippen LogP contribution in [0, 0.1) is 0 Å². The minimum atomic E-state index is 0.00762. The normalized spacial score (nSPS) is 18.1. The molecule has 94 valence electrons. The number of hydrogen-bond donors (Lipinski definition) is 1. The number of hydrogen-bond acceptors (Lipinski definition) is 3. The summed E-state index contributed by atoms with van der Waals surface area (Å²) in [6.07, 6.45) is 2.40. The molecule has 2 rings (SSSR count). The van der Waals surface area contributed by atoms with Crippen LogP contribution in [0.15, 0.2) is 41.0 Å². The number of carbonyl (C=O) groups excluding carboxylic acids is 1. The maximum Gasteiger partial charge on any atom is 0.247 e. The summed E-state index contributed by atoms with van der Waals surface area (Å²) >= 11 is 0. The standard InChI is InChI=1S/C14H17N3O/c1-11-13(9-12-5-3-2-4-6-12)10-14(18)17(16-11)8-7-15/h2-6,9H,7-8,10,15H2,1H3/b13-9+. The number of nitrogens with two attached hydrogens (primary N) is 1. The summed E-state index contributed by atoms with van der Waals surface area (Å²) in [7, 11) is 0. The molecule has 1 aromatic carbocycles. The highest BCUT2D eigenvalue weighted by Gasteiger charge is 2.21. The van der Waals surface area contributed by atoms with Crippen molar-refractivity contribution < 1.29 is 4.79 Å². The first-order chi connectivity index (χ1) is 8.70. The molecule has 0 fully saturated rings. The SMILES string of the molecule is CC1=NN(CCN)C(=O)C/C1=C\c1ccccc1. The van der Waals surface area contributed by atoms with Gasteiger partial charge in [-0.25, -0.2) is 5.01 Å². The molecule has 0 bridgehead atoms. The summed E-state index contributed by atoms with van der Waals surface area (Å²) in [4.78, 5) is 11.9. The summed E-state index contributed by atoms with van der Waals surface area (Å²) in [5.74, 6) is 0.00762. The first kappa shape index (κ1) is 12.5. The summed E-state index contributed by atoms with van der Waals surface area (Å²) in [5.41, 5.74) is 8.39. The average Bonchev–Trinajstić information content (AvgIpc) is 2.37. The van der Waals surface area contributed by atoms with Crippen LogP contribution in [-0.4, -0.2) is 29.7 Å². The molecule has 0 saturated carbocycles. The molecule has 0 atom stereocenters. The highest BCUT2D eigenvalue weighted by Crippen LogP contribution is 2.18. The summed E-state index contributed by atoms with van der Waals surface area (Å²) in [6.45, 7) is 2.83. The predicted molar refractivity (Wildman–Crippen MR) is 72.9 cm³/mol. The van der Waals surface area contributed by atoms with Crippen LogP contribution in [0.25, 0.3) is 6.08 Å². The maximum atomic E-state index is 11.9. The van der Waals surface area contributed by atoms with E-state index in [2.05, 4.69) is 5.10 Å². The Morgan fingerprint density at radius 1 is 1.39 bits per heavy atom. The van der Waals surface area contributed by atoms with Crippen LogP contribution >= 0.6 is 0 Å². The van der Waals surface area contributed by atoms with Crippen LogP contribution < -0.4 is 5.73 Å². The first-order valence-corrected chi connectivity index (χ1v) is 6.02. The molecule has 1 aliphatic rings. The van der Waals surface area contributed by atoms with Gasteiger partial charge in [-0.05, 0) is 24.1 Å². The van der Waals surface area contributed by atoms with Crippen LogP contribution in [0.2, 0.25) is 0 Å². The van der Waals surface area contributed by atoms with E-state index in [0.717, 1.165) is 16.8 Å². The van der Waals surface area contributed by atoms with E-state index in [0.29, 0.717) is 19.5 Å². The highest BCUT2D eigenvalue weighted by molar-refractivity contribution is 6.08. The number of hydrazone groups is 1. The lowest BCUT2D eigenvalue weighted by molar-refractivity contribution is -0.130. The molecule has 4 heteroatoms. The Bertz CT molecular complexity index is 491. The monoisotopic (exact) mass is 243 g/mol. The van der Waals surface area contributed by atoms with Crippen LogP contribution in [0.4, 0.5) is 0 Å². The summed E-state index contributed by atoms with van der Waals surface area (Å²) < 4.78 is 0. The molecular formula is C14H17N3O. The second-order valence-corrected chi connectivity index (χ2v) is 4.25. The minimum Gasteiger partial charge on any atom is -0.329 e. The zero-order valence-electron chi connectivity index (χ0n) is 10.5. The van der Waals surface area contributed by atoms with E-state index in [1.165, 1.54) is 5.01 Å². The third-order valence-electron chi connectivity index (χ3n) is 2.85. The summed E-state index contributed by atoms with van der Waals surface area (Å²) in [5, 5.41) is 5.74. The van der Waals surface area contributed by atoms with Gasteiger partial charge in [0, 0.05) is 6.54 Å². The second kappa shape index (κ2) is 5.60. The van der Waals surface area contributed by atoms with Gasteiger partial charge in [-0.3, -0.25) is 4.79 Å². The van der Waals surface area contributed by atoms with Gasteiger partial charge in [-0.2, -0.15) is 5.10 Å². The first-order valence-electron chi connectivity index (χ1n) is 6.02. The van der Waals surface area contributed by atoms with Gasteiger partial charge in [0.05, 0.1) is 18.7 Å². The molecule has 1 heterocycles. The highest BCUT2D eigenvalue weighted by atomic mass is 16.2. The van der Waals surface area contributed by atoms with E-state index in [1.807, 2.05) is 43.3 Å². The quantitative estimate of drug-likeness (QED) is 0.877. The zero-order valence-corrected chi connectivity index (χ0v) is 10.5. The van der Waals surface area contributed by atoms with E-state index in [-0.39, 0.29) is 5.91 Å². The maximum absolute atomic E-state index is 11.9. The van der Waals surface area contributed by atoms with Crippen LogP contribution in [0.1, 0.15) is 18.9 Å². The molecular weight excluding hydrogens is 226 g/mol. The van der Waals surface area contributed by atoms with E-state index >= 15 is 0 Å². The number of amides is 1. The van der Waals surface area contributed by atoms with Crippen molar-refractivity contribution in [1.29, 1.82) is 0 Å². The number of benzene rings is 1. The third kappa shape index (κ3) is 2.84. The molecule has 1 aliphatic heterocycles. The number of nitrogens with zero attached hydrogens (tertiary/aromatic N) is 2. The Labute approximate surface area is 107 Å². The molecule has 4 nitrogen and oxygen atoms in total. The van der Waals surface area contributed by atoms with Crippen molar-refractivity contribution in [3.05, 3.63) is 41.5 Å². The summed E-state index contributed by atoms with van der Waals surface area (Å²) in [6, 6.07) is 9.94. The fraction of sp³-hybridized carbons (Fsp3) is 0.286. The zero-order chi connectivity index (χ0) is 13.0. The smallest absolute Gasteiger partial charge is 0.247 e. The largest absolute Gasteiger partial charge is 0.329 e. The Hall–Kier alpha value is -1.94. The van der Waals surface area contributed by atoms with Gasteiger partial charge >= 0.3 is 0 Å². The molecule has 0 saturated heterocycles. The number of carbonyl (C=O) groups is 1. The van der Waals surface area contributed by atoms with Crippen molar-refractivity contribution in [2.24, 2.45) is 10.8 Å². The molecule has 0 unspecified atom stereocenters. The Morgan fingerprint density at radius 3 is 2.78 bits per heavy atom. The van der Waals surface area contributed by atoms with E-state index < -0.39 is 0 Å². The lowest BCUT2D eigenvalue weighted by Gasteiger charge is -2.23. The second-order valence-electron chi connectivity index (χ2n) is 4.25. The van der Waals surface area contributed by atoms with Gasteiger partial charge < -0.3 is 5.73 Å². The van der Waals surface area contributed by atoms with Crippen LogP contribution in [0.3, 0.4) is 0 Å². The van der Waals surface area contributed by atoms with E-state index in [9.17, 15) is 4.79 Å². The van der Waals surface area contributed by atoms with Gasteiger partial charge in [0.1, 0.15) is 0 Å². The Kier molecular flexibility index (Phi) is 3.89. The van der Waals surface area contributed by atoms with Crippen molar-refractivity contribution in [2.75, 3.05) is 13.1 Å².